The van der Waals surface area contributed by atoms with E-state index in [-0.39, 0.29) is 5.57 Å². The molecule has 0 bridgehead atoms. The molecule has 1 amide bonds. The second kappa shape index (κ2) is 8.40. The van der Waals surface area contributed by atoms with Crippen molar-refractivity contribution in [2.24, 2.45) is 5.92 Å². The Morgan fingerprint density at radius 3 is 2.56 bits per heavy atom. The number of hydrogen-bond donors (Lipinski definition) is 1. The number of nitrogens with zero attached hydrogens (tertiary/aromatic N) is 4. The van der Waals surface area contributed by atoms with Crippen LogP contribution < -0.4 is 10.2 Å². The number of carbonyl (C=O) groups excluding carboxylic acids is 1. The summed E-state index contributed by atoms with van der Waals surface area (Å²) in [5, 5.41) is 21.2. The van der Waals surface area contributed by atoms with Gasteiger partial charge in [0.25, 0.3) is 5.91 Å². The number of rotatable bonds is 6. The monoisotopic (exact) mass is 355 g/mol. The Kier molecular flexibility index (Phi) is 6.25. The summed E-state index contributed by atoms with van der Waals surface area (Å²) in [5.74, 6) is -0.0114. The van der Waals surface area contributed by atoms with Crippen LogP contribution in [0.1, 0.15) is 24.4 Å². The molecule has 0 aliphatic heterocycles. The molecule has 0 aliphatic rings. The zero-order valence-corrected chi connectivity index (χ0v) is 15.6. The van der Waals surface area contributed by atoms with E-state index in [1.807, 2.05) is 49.3 Å². The fourth-order valence-electron chi connectivity index (χ4n) is 2.08. The minimum Gasteiger partial charge on any atom is -0.378 e. The zero-order valence-electron chi connectivity index (χ0n) is 14.8. The molecule has 1 heterocycles. The Hall–Kier alpha value is -2.72. The normalized spacial score (nSPS) is 11.3. The molecule has 1 aromatic carbocycles. The van der Waals surface area contributed by atoms with Gasteiger partial charge in [0.15, 0.2) is 0 Å². The highest BCUT2D eigenvalue weighted by Crippen LogP contribution is 2.19. The van der Waals surface area contributed by atoms with Gasteiger partial charge in [-0.25, -0.2) is 0 Å². The Bertz CT molecular complexity index is 800. The van der Waals surface area contributed by atoms with Crippen molar-refractivity contribution >= 4 is 34.1 Å². The van der Waals surface area contributed by atoms with Gasteiger partial charge < -0.3 is 4.90 Å². The highest BCUT2D eigenvalue weighted by atomic mass is 32.1. The SMILES string of the molecule is CC(C)Cc1nnc(NC(=O)/C(C#N)=C\c2ccc(N(C)C)cc2)s1. The molecular weight excluding hydrogens is 334 g/mol. The number of anilines is 2. The van der Waals surface area contributed by atoms with Crippen LogP contribution in [0, 0.1) is 17.2 Å². The lowest BCUT2D eigenvalue weighted by atomic mass is 10.1. The molecule has 0 spiro atoms. The first-order valence-corrected chi connectivity index (χ1v) is 8.73. The van der Waals surface area contributed by atoms with Crippen LogP contribution in [-0.2, 0) is 11.2 Å². The number of nitriles is 1. The minimum absolute atomic E-state index is 0.0261. The molecule has 0 atom stereocenters. The number of hydrogen-bond acceptors (Lipinski definition) is 6. The third kappa shape index (κ3) is 5.40. The number of aromatic nitrogens is 2. The van der Waals surface area contributed by atoms with Gasteiger partial charge in [-0.1, -0.05) is 37.3 Å². The Morgan fingerprint density at radius 2 is 2.00 bits per heavy atom. The highest BCUT2D eigenvalue weighted by molar-refractivity contribution is 7.15. The first-order valence-electron chi connectivity index (χ1n) is 7.92. The van der Waals surface area contributed by atoms with Crippen molar-refractivity contribution in [2.45, 2.75) is 20.3 Å². The van der Waals surface area contributed by atoms with Crippen molar-refractivity contribution in [3.63, 3.8) is 0 Å². The molecule has 2 aromatic rings. The Labute approximate surface area is 151 Å². The lowest BCUT2D eigenvalue weighted by molar-refractivity contribution is -0.112. The van der Waals surface area contributed by atoms with Crippen LogP contribution in [0.2, 0.25) is 0 Å². The zero-order chi connectivity index (χ0) is 18.4. The van der Waals surface area contributed by atoms with Gasteiger partial charge in [-0.15, -0.1) is 10.2 Å². The molecule has 0 aliphatic carbocycles. The molecule has 0 saturated heterocycles. The molecular formula is C18H21N5OS. The second-order valence-electron chi connectivity index (χ2n) is 6.21. The average Bonchev–Trinajstić information content (AvgIpc) is 2.98. The summed E-state index contributed by atoms with van der Waals surface area (Å²) in [4.78, 5) is 14.3. The fourth-order valence-corrected chi connectivity index (χ4v) is 3.03. The molecule has 1 N–H and O–H groups in total. The van der Waals surface area contributed by atoms with Gasteiger partial charge in [0, 0.05) is 26.2 Å². The predicted octanol–water partition coefficient (Wildman–Crippen LogP) is 3.35. The summed E-state index contributed by atoms with van der Waals surface area (Å²) in [6.07, 6.45) is 2.37. The van der Waals surface area contributed by atoms with Crippen molar-refractivity contribution in [1.82, 2.24) is 10.2 Å². The van der Waals surface area contributed by atoms with Crippen LogP contribution in [0.3, 0.4) is 0 Å². The Balaban J connectivity index is 2.10. The minimum atomic E-state index is -0.480. The maximum absolute atomic E-state index is 12.3. The van der Waals surface area contributed by atoms with Crippen LogP contribution in [0.25, 0.3) is 6.08 Å². The van der Waals surface area contributed by atoms with E-state index in [4.69, 9.17) is 0 Å². The summed E-state index contributed by atoms with van der Waals surface area (Å²) < 4.78 is 0. The molecule has 6 nitrogen and oxygen atoms in total. The molecule has 2 rings (SSSR count). The van der Waals surface area contributed by atoms with E-state index in [1.165, 1.54) is 11.3 Å². The first kappa shape index (κ1) is 18.6. The van der Waals surface area contributed by atoms with E-state index in [2.05, 4.69) is 29.4 Å². The van der Waals surface area contributed by atoms with Gasteiger partial charge >= 0.3 is 0 Å². The van der Waals surface area contributed by atoms with Crippen LogP contribution in [-0.4, -0.2) is 30.2 Å². The average molecular weight is 355 g/mol. The quantitative estimate of drug-likeness (QED) is 0.635. The highest BCUT2D eigenvalue weighted by Gasteiger charge is 2.13. The van der Waals surface area contributed by atoms with Gasteiger partial charge in [0.1, 0.15) is 16.6 Å². The number of carbonyl (C=O) groups is 1. The second-order valence-corrected chi connectivity index (χ2v) is 7.27. The van der Waals surface area contributed by atoms with E-state index in [0.29, 0.717) is 11.0 Å². The van der Waals surface area contributed by atoms with Crippen molar-refractivity contribution in [2.75, 3.05) is 24.3 Å². The van der Waals surface area contributed by atoms with Gasteiger partial charge in [-0.2, -0.15) is 5.26 Å². The lowest BCUT2D eigenvalue weighted by Crippen LogP contribution is -2.13. The van der Waals surface area contributed by atoms with Crippen molar-refractivity contribution < 1.29 is 4.79 Å². The predicted molar refractivity (Wildman–Crippen MR) is 101 cm³/mol. The third-order valence-corrected chi connectivity index (χ3v) is 4.22. The first-order chi connectivity index (χ1) is 11.9. The van der Waals surface area contributed by atoms with E-state index < -0.39 is 5.91 Å². The Morgan fingerprint density at radius 1 is 1.32 bits per heavy atom. The maximum atomic E-state index is 12.3. The van der Waals surface area contributed by atoms with Gasteiger partial charge in [0.2, 0.25) is 5.13 Å². The van der Waals surface area contributed by atoms with E-state index in [9.17, 15) is 10.1 Å². The van der Waals surface area contributed by atoms with Gasteiger partial charge in [-0.05, 0) is 29.7 Å². The molecule has 1 aromatic heterocycles. The largest absolute Gasteiger partial charge is 0.378 e. The maximum Gasteiger partial charge on any atom is 0.268 e. The molecule has 0 fully saturated rings. The number of benzene rings is 1. The molecule has 0 unspecified atom stereocenters. The summed E-state index contributed by atoms with van der Waals surface area (Å²) in [6, 6.07) is 9.54. The third-order valence-electron chi connectivity index (χ3n) is 3.36. The van der Waals surface area contributed by atoms with Crippen LogP contribution in [0.4, 0.5) is 10.8 Å². The van der Waals surface area contributed by atoms with Crippen LogP contribution in [0.5, 0.6) is 0 Å². The summed E-state index contributed by atoms with van der Waals surface area (Å²) in [6.45, 7) is 4.19. The van der Waals surface area contributed by atoms with Crippen molar-refractivity contribution in [3.8, 4) is 6.07 Å². The van der Waals surface area contributed by atoms with Crippen molar-refractivity contribution in [1.29, 1.82) is 5.26 Å². The van der Waals surface area contributed by atoms with E-state index in [1.54, 1.807) is 6.08 Å². The van der Waals surface area contributed by atoms with Crippen molar-refractivity contribution in [3.05, 3.63) is 40.4 Å². The standard InChI is InChI=1S/C18H21N5OS/c1-12(2)9-16-21-22-18(25-16)20-17(24)14(11-19)10-13-5-7-15(8-6-13)23(3)4/h5-8,10,12H,9H2,1-4H3,(H,20,22,24)/b14-10-. The molecule has 7 heteroatoms. The topological polar surface area (TPSA) is 81.9 Å². The van der Waals surface area contributed by atoms with E-state index in [0.717, 1.165) is 22.7 Å². The smallest absolute Gasteiger partial charge is 0.268 e. The molecule has 0 radical (unpaired) electrons. The molecule has 0 saturated carbocycles. The van der Waals surface area contributed by atoms with E-state index >= 15 is 0 Å². The molecule has 25 heavy (non-hydrogen) atoms. The number of nitrogens with one attached hydrogen (secondary N) is 1. The summed E-state index contributed by atoms with van der Waals surface area (Å²) >= 11 is 1.33. The fraction of sp³-hybridized carbons (Fsp3) is 0.333. The summed E-state index contributed by atoms with van der Waals surface area (Å²) in [5.41, 5.74) is 1.86. The summed E-state index contributed by atoms with van der Waals surface area (Å²) in [7, 11) is 3.91. The van der Waals surface area contributed by atoms with Gasteiger partial charge in [-0.3, -0.25) is 10.1 Å². The van der Waals surface area contributed by atoms with Crippen LogP contribution in [0.15, 0.2) is 29.8 Å². The lowest BCUT2D eigenvalue weighted by Gasteiger charge is -2.11. The van der Waals surface area contributed by atoms with Gasteiger partial charge in [0.05, 0.1) is 0 Å². The molecule has 130 valence electrons. The number of amides is 1. The van der Waals surface area contributed by atoms with Crippen LogP contribution >= 0.6 is 11.3 Å².